The highest BCUT2D eigenvalue weighted by atomic mass is 19.1. The molecule has 0 aromatic heterocycles. The average Bonchev–Trinajstić information content (AvgIpc) is 3.17. The second-order valence-corrected chi connectivity index (χ2v) is 4.86. The highest BCUT2D eigenvalue weighted by Crippen LogP contribution is 2.56. The summed E-state index contributed by atoms with van der Waals surface area (Å²) in [6.45, 7) is 0. The van der Waals surface area contributed by atoms with E-state index in [2.05, 4.69) is 0 Å². The summed E-state index contributed by atoms with van der Waals surface area (Å²) < 4.78 is 29.6. The van der Waals surface area contributed by atoms with E-state index < -0.39 is 17.2 Å². The second-order valence-electron chi connectivity index (χ2n) is 4.86. The minimum absolute atomic E-state index is 0.0291. The largest absolute Gasteiger partial charge is 0.493 e. The molecular formula is C14H17FO5. The molecule has 0 spiro atoms. The molecule has 0 heterocycles. The molecule has 1 N–H and O–H groups in total. The number of methoxy groups -OCH3 is 3. The Bertz CT molecular complexity index is 537. The van der Waals surface area contributed by atoms with Gasteiger partial charge in [-0.3, -0.25) is 4.79 Å². The van der Waals surface area contributed by atoms with E-state index in [1.165, 1.54) is 21.3 Å². The summed E-state index contributed by atoms with van der Waals surface area (Å²) in [7, 11) is 4.10. The van der Waals surface area contributed by atoms with Crippen LogP contribution in [-0.2, 0) is 10.2 Å². The summed E-state index contributed by atoms with van der Waals surface area (Å²) in [6, 6.07) is 1.61. The first kappa shape index (κ1) is 14.4. The van der Waals surface area contributed by atoms with Gasteiger partial charge in [0.2, 0.25) is 11.6 Å². The number of hydrogen-bond donors (Lipinski definition) is 1. The number of benzene rings is 1. The van der Waals surface area contributed by atoms with Crippen LogP contribution < -0.4 is 14.2 Å². The highest BCUT2D eigenvalue weighted by molar-refractivity contribution is 5.71. The summed E-state index contributed by atoms with van der Waals surface area (Å²) in [5.74, 6) is -1.36. The van der Waals surface area contributed by atoms with E-state index in [1.807, 2.05) is 0 Å². The van der Waals surface area contributed by atoms with E-state index in [0.717, 1.165) is 0 Å². The lowest BCUT2D eigenvalue weighted by Gasteiger charge is -2.20. The Morgan fingerprint density at radius 1 is 1.25 bits per heavy atom. The Kier molecular flexibility index (Phi) is 3.74. The molecule has 110 valence electrons. The van der Waals surface area contributed by atoms with Crippen LogP contribution >= 0.6 is 0 Å². The van der Waals surface area contributed by atoms with Gasteiger partial charge in [0.05, 0.1) is 27.8 Å². The fourth-order valence-electron chi connectivity index (χ4n) is 2.51. The first-order valence-corrected chi connectivity index (χ1v) is 6.20. The lowest BCUT2D eigenvalue weighted by Crippen LogP contribution is -2.15. The third-order valence-electron chi connectivity index (χ3n) is 3.69. The van der Waals surface area contributed by atoms with Gasteiger partial charge in [0.1, 0.15) is 0 Å². The van der Waals surface area contributed by atoms with Crippen molar-refractivity contribution in [3.63, 3.8) is 0 Å². The molecule has 1 aliphatic carbocycles. The molecule has 0 bridgehead atoms. The van der Waals surface area contributed by atoms with E-state index in [-0.39, 0.29) is 23.7 Å². The van der Waals surface area contributed by atoms with Crippen molar-refractivity contribution in [3.8, 4) is 17.2 Å². The number of carboxylic acid groups (broad SMARTS) is 1. The van der Waals surface area contributed by atoms with E-state index in [4.69, 9.17) is 19.3 Å². The minimum Gasteiger partial charge on any atom is -0.493 e. The van der Waals surface area contributed by atoms with Crippen molar-refractivity contribution in [2.24, 2.45) is 0 Å². The number of halogens is 1. The lowest BCUT2D eigenvalue weighted by atomic mass is 9.91. The lowest BCUT2D eigenvalue weighted by molar-refractivity contribution is -0.137. The average molecular weight is 284 g/mol. The highest BCUT2D eigenvalue weighted by Gasteiger charge is 2.49. The molecule has 0 unspecified atom stereocenters. The number of hydrogen-bond acceptors (Lipinski definition) is 4. The van der Waals surface area contributed by atoms with Gasteiger partial charge in [-0.15, -0.1) is 0 Å². The van der Waals surface area contributed by atoms with Crippen LogP contribution in [0.4, 0.5) is 4.39 Å². The predicted octanol–water partition coefficient (Wildman–Crippen LogP) is 2.36. The second kappa shape index (κ2) is 5.19. The standard InChI is InChI=1S/C14H17FO5/c1-18-9-6-8(14(4-5-14)7-10(16)17)12(19-2)11(15)13(9)20-3/h6H,4-5,7H2,1-3H3,(H,16,17). The van der Waals surface area contributed by atoms with Gasteiger partial charge in [-0.2, -0.15) is 4.39 Å². The number of carbonyl (C=O) groups is 1. The zero-order valence-electron chi connectivity index (χ0n) is 11.7. The third-order valence-corrected chi connectivity index (χ3v) is 3.69. The van der Waals surface area contributed by atoms with Crippen molar-refractivity contribution in [1.82, 2.24) is 0 Å². The Hall–Kier alpha value is -1.98. The molecule has 1 aliphatic rings. The van der Waals surface area contributed by atoms with Crippen LogP contribution in [-0.4, -0.2) is 32.4 Å². The normalized spacial score (nSPS) is 15.6. The summed E-state index contributed by atoms with van der Waals surface area (Å²) in [6.07, 6.45) is 1.31. The molecule has 1 saturated carbocycles. The zero-order valence-corrected chi connectivity index (χ0v) is 11.7. The topological polar surface area (TPSA) is 65.0 Å². The van der Waals surface area contributed by atoms with Crippen molar-refractivity contribution >= 4 is 5.97 Å². The van der Waals surface area contributed by atoms with E-state index in [0.29, 0.717) is 18.4 Å². The first-order valence-electron chi connectivity index (χ1n) is 6.20. The van der Waals surface area contributed by atoms with E-state index in [9.17, 15) is 9.18 Å². The van der Waals surface area contributed by atoms with Gasteiger partial charge in [0.15, 0.2) is 11.5 Å². The van der Waals surface area contributed by atoms with Crippen LogP contribution in [0.3, 0.4) is 0 Å². The maximum atomic E-state index is 14.4. The third kappa shape index (κ3) is 2.26. The fourth-order valence-corrected chi connectivity index (χ4v) is 2.51. The minimum atomic E-state index is -0.917. The quantitative estimate of drug-likeness (QED) is 0.868. The van der Waals surface area contributed by atoms with Crippen molar-refractivity contribution in [1.29, 1.82) is 0 Å². The molecule has 1 fully saturated rings. The SMILES string of the molecule is COc1cc(C2(CC(=O)O)CC2)c(OC)c(F)c1OC. The Morgan fingerprint density at radius 2 is 1.85 bits per heavy atom. The predicted molar refractivity (Wildman–Crippen MR) is 69.2 cm³/mol. The van der Waals surface area contributed by atoms with Crippen LogP contribution in [0.15, 0.2) is 6.07 Å². The van der Waals surface area contributed by atoms with Crippen LogP contribution in [0.25, 0.3) is 0 Å². The number of carboxylic acids is 1. The Labute approximate surface area is 116 Å². The van der Waals surface area contributed by atoms with Crippen molar-refractivity contribution in [2.45, 2.75) is 24.7 Å². The molecule has 0 amide bonds. The zero-order chi connectivity index (χ0) is 14.9. The van der Waals surface area contributed by atoms with Gasteiger partial charge < -0.3 is 19.3 Å². The summed E-state index contributed by atoms with van der Waals surface area (Å²) in [5.41, 5.74) is -0.0463. The molecule has 5 nitrogen and oxygen atoms in total. The number of ether oxygens (including phenoxy) is 3. The van der Waals surface area contributed by atoms with Gasteiger partial charge in [0.25, 0.3) is 0 Å². The van der Waals surface area contributed by atoms with Crippen LogP contribution in [0, 0.1) is 5.82 Å². The van der Waals surface area contributed by atoms with E-state index >= 15 is 0 Å². The molecule has 6 heteroatoms. The van der Waals surface area contributed by atoms with Gasteiger partial charge in [-0.1, -0.05) is 0 Å². The van der Waals surface area contributed by atoms with Gasteiger partial charge in [0, 0.05) is 11.0 Å². The number of rotatable bonds is 6. The van der Waals surface area contributed by atoms with E-state index in [1.54, 1.807) is 6.07 Å². The molecule has 0 aliphatic heterocycles. The Balaban J connectivity index is 2.58. The van der Waals surface area contributed by atoms with Crippen LogP contribution in [0.2, 0.25) is 0 Å². The van der Waals surface area contributed by atoms with Crippen molar-refractivity contribution in [2.75, 3.05) is 21.3 Å². The smallest absolute Gasteiger partial charge is 0.304 e. The molecule has 2 rings (SSSR count). The van der Waals surface area contributed by atoms with Crippen LogP contribution in [0.1, 0.15) is 24.8 Å². The maximum Gasteiger partial charge on any atom is 0.304 e. The molecule has 0 atom stereocenters. The molecule has 1 aromatic rings. The fraction of sp³-hybridized carbons (Fsp3) is 0.500. The molecule has 0 saturated heterocycles. The monoisotopic (exact) mass is 284 g/mol. The molecule has 20 heavy (non-hydrogen) atoms. The van der Waals surface area contributed by atoms with Gasteiger partial charge in [-0.25, -0.2) is 0 Å². The summed E-state index contributed by atoms with van der Waals surface area (Å²) in [4.78, 5) is 11.0. The summed E-state index contributed by atoms with van der Waals surface area (Å²) in [5, 5.41) is 9.02. The molecule has 1 aromatic carbocycles. The Morgan fingerprint density at radius 3 is 2.25 bits per heavy atom. The summed E-state index contributed by atoms with van der Waals surface area (Å²) >= 11 is 0. The van der Waals surface area contributed by atoms with Gasteiger partial charge in [-0.05, 0) is 18.9 Å². The van der Waals surface area contributed by atoms with Crippen molar-refractivity contribution < 1.29 is 28.5 Å². The van der Waals surface area contributed by atoms with Gasteiger partial charge >= 0.3 is 5.97 Å². The molecular weight excluding hydrogens is 267 g/mol. The van der Waals surface area contributed by atoms with Crippen LogP contribution in [0.5, 0.6) is 17.2 Å². The maximum absolute atomic E-state index is 14.4. The van der Waals surface area contributed by atoms with Crippen molar-refractivity contribution in [3.05, 3.63) is 17.4 Å². The number of aliphatic carboxylic acids is 1. The first-order chi connectivity index (χ1) is 9.49. The molecule has 0 radical (unpaired) electrons.